The second-order valence-corrected chi connectivity index (χ2v) is 5.52. The number of nitrogens with zero attached hydrogens (tertiary/aromatic N) is 3. The van der Waals surface area contributed by atoms with E-state index in [0.29, 0.717) is 34.8 Å². The van der Waals surface area contributed by atoms with E-state index in [1.165, 1.54) is 6.33 Å². The largest absolute Gasteiger partial charge is 0.493 e. The van der Waals surface area contributed by atoms with Gasteiger partial charge in [0.1, 0.15) is 6.33 Å². The first kappa shape index (κ1) is 18.8. The number of anilines is 4. The van der Waals surface area contributed by atoms with Gasteiger partial charge in [0.15, 0.2) is 11.5 Å². The van der Waals surface area contributed by atoms with Crippen LogP contribution in [0.25, 0.3) is 0 Å². The van der Waals surface area contributed by atoms with Crippen molar-refractivity contribution in [2.24, 2.45) is 0 Å². The normalized spacial score (nSPS) is 9.93. The van der Waals surface area contributed by atoms with E-state index in [0.717, 1.165) is 11.3 Å². The van der Waals surface area contributed by atoms with Crippen LogP contribution in [0.4, 0.5) is 23.3 Å². The lowest BCUT2D eigenvalue weighted by Gasteiger charge is -2.14. The van der Waals surface area contributed by atoms with Crippen LogP contribution in [0.15, 0.2) is 42.7 Å². The summed E-state index contributed by atoms with van der Waals surface area (Å²) in [4.78, 5) is 12.6. The molecule has 0 aliphatic heterocycles. The van der Waals surface area contributed by atoms with E-state index in [1.807, 2.05) is 24.3 Å². The molecular formula is C20H19N5O3. The number of methoxy groups -OCH3 is 3. The molecule has 3 rings (SSSR count). The van der Waals surface area contributed by atoms with Gasteiger partial charge < -0.3 is 24.8 Å². The molecule has 8 nitrogen and oxygen atoms in total. The van der Waals surface area contributed by atoms with E-state index < -0.39 is 0 Å². The summed E-state index contributed by atoms with van der Waals surface area (Å²) in [7, 11) is 4.65. The second-order valence-electron chi connectivity index (χ2n) is 5.52. The third-order valence-electron chi connectivity index (χ3n) is 3.78. The molecule has 2 aromatic carbocycles. The molecule has 28 heavy (non-hydrogen) atoms. The van der Waals surface area contributed by atoms with Crippen molar-refractivity contribution >= 4 is 23.3 Å². The van der Waals surface area contributed by atoms with Crippen molar-refractivity contribution in [2.75, 3.05) is 32.0 Å². The Hall–Kier alpha value is -3.99. The van der Waals surface area contributed by atoms with Crippen LogP contribution < -0.4 is 24.8 Å². The summed E-state index contributed by atoms with van der Waals surface area (Å²) >= 11 is 0. The topological polar surface area (TPSA) is 90.4 Å². The number of ether oxygens (including phenoxy) is 3. The molecule has 8 heteroatoms. The van der Waals surface area contributed by atoms with Crippen LogP contribution in [0.3, 0.4) is 0 Å². The first-order valence-electron chi connectivity index (χ1n) is 8.26. The Morgan fingerprint density at radius 3 is 2.07 bits per heavy atom. The summed E-state index contributed by atoms with van der Waals surface area (Å²) in [5.74, 6) is 4.84. The zero-order valence-corrected chi connectivity index (χ0v) is 15.7. The van der Waals surface area contributed by atoms with Crippen molar-refractivity contribution in [1.82, 2.24) is 15.0 Å². The van der Waals surface area contributed by atoms with Gasteiger partial charge >= 0.3 is 0 Å². The highest BCUT2D eigenvalue weighted by Crippen LogP contribution is 2.40. The van der Waals surface area contributed by atoms with Crippen molar-refractivity contribution < 1.29 is 14.2 Å². The van der Waals surface area contributed by atoms with E-state index in [1.54, 1.807) is 33.5 Å². The van der Waals surface area contributed by atoms with Gasteiger partial charge in [-0.15, -0.1) is 6.42 Å². The third kappa shape index (κ3) is 4.22. The Morgan fingerprint density at radius 1 is 0.857 bits per heavy atom. The Balaban J connectivity index is 1.84. The number of hydrogen-bond acceptors (Lipinski definition) is 8. The quantitative estimate of drug-likeness (QED) is 0.606. The first-order chi connectivity index (χ1) is 13.7. The fourth-order valence-corrected chi connectivity index (χ4v) is 2.51. The maximum atomic E-state index is 5.43. The van der Waals surface area contributed by atoms with Crippen LogP contribution in [0.2, 0.25) is 0 Å². The number of hydrogen-bond donors (Lipinski definition) is 2. The summed E-state index contributed by atoms with van der Waals surface area (Å²) in [6, 6.07) is 10.9. The lowest BCUT2D eigenvalue weighted by atomic mass is 10.2. The van der Waals surface area contributed by atoms with Crippen LogP contribution in [0.5, 0.6) is 17.2 Å². The predicted octanol–water partition coefficient (Wildman–Crippen LogP) is 3.37. The monoisotopic (exact) mass is 377 g/mol. The van der Waals surface area contributed by atoms with Crippen LogP contribution in [-0.2, 0) is 0 Å². The Kier molecular flexibility index (Phi) is 5.77. The van der Waals surface area contributed by atoms with Gasteiger partial charge in [-0.25, -0.2) is 9.97 Å². The second kappa shape index (κ2) is 8.60. The average Bonchev–Trinajstić information content (AvgIpc) is 2.73. The third-order valence-corrected chi connectivity index (χ3v) is 3.78. The van der Waals surface area contributed by atoms with Gasteiger partial charge in [0.05, 0.1) is 21.3 Å². The molecule has 1 aromatic heterocycles. The van der Waals surface area contributed by atoms with Crippen molar-refractivity contribution in [3.05, 3.63) is 48.3 Å². The molecule has 1 heterocycles. The van der Waals surface area contributed by atoms with Gasteiger partial charge in [0.2, 0.25) is 17.6 Å². The van der Waals surface area contributed by atoms with E-state index >= 15 is 0 Å². The van der Waals surface area contributed by atoms with E-state index in [-0.39, 0.29) is 0 Å². The van der Waals surface area contributed by atoms with Crippen LogP contribution >= 0.6 is 0 Å². The van der Waals surface area contributed by atoms with Gasteiger partial charge in [-0.3, -0.25) is 0 Å². The number of nitrogens with one attached hydrogen (secondary N) is 2. The molecule has 0 unspecified atom stereocenters. The SMILES string of the molecule is C#Cc1cccc(Nc2ncnc(Nc3cc(OC)c(OC)c(OC)c3)n2)c1. The van der Waals surface area contributed by atoms with E-state index in [2.05, 4.69) is 31.5 Å². The lowest BCUT2D eigenvalue weighted by Crippen LogP contribution is -2.03. The molecule has 0 fully saturated rings. The molecule has 0 saturated heterocycles. The zero-order chi connectivity index (χ0) is 19.9. The summed E-state index contributed by atoms with van der Waals surface area (Å²) in [6.07, 6.45) is 6.84. The van der Waals surface area contributed by atoms with Crippen molar-refractivity contribution in [3.8, 4) is 29.6 Å². The van der Waals surface area contributed by atoms with Crippen molar-refractivity contribution in [3.63, 3.8) is 0 Å². The van der Waals surface area contributed by atoms with Gasteiger partial charge in [-0.05, 0) is 18.2 Å². The highest BCUT2D eigenvalue weighted by atomic mass is 16.5. The molecule has 2 N–H and O–H groups in total. The molecule has 0 amide bonds. The molecule has 3 aromatic rings. The molecule has 0 radical (unpaired) electrons. The summed E-state index contributed by atoms with van der Waals surface area (Å²) in [5, 5.41) is 6.20. The fourth-order valence-electron chi connectivity index (χ4n) is 2.51. The van der Waals surface area contributed by atoms with Gasteiger partial charge in [-0.2, -0.15) is 4.98 Å². The first-order valence-corrected chi connectivity index (χ1v) is 8.26. The van der Waals surface area contributed by atoms with Gasteiger partial charge in [0, 0.05) is 29.1 Å². The molecule has 0 bridgehead atoms. The van der Waals surface area contributed by atoms with Gasteiger partial charge in [0.25, 0.3) is 0 Å². The number of terminal acetylenes is 1. The minimum Gasteiger partial charge on any atom is -0.493 e. The van der Waals surface area contributed by atoms with Crippen molar-refractivity contribution in [2.45, 2.75) is 0 Å². The van der Waals surface area contributed by atoms with Crippen LogP contribution in [0, 0.1) is 12.3 Å². The predicted molar refractivity (Wildman–Crippen MR) is 107 cm³/mol. The highest BCUT2D eigenvalue weighted by molar-refractivity contribution is 5.66. The highest BCUT2D eigenvalue weighted by Gasteiger charge is 2.14. The van der Waals surface area contributed by atoms with Crippen molar-refractivity contribution in [1.29, 1.82) is 0 Å². The lowest BCUT2D eigenvalue weighted by molar-refractivity contribution is 0.324. The molecule has 0 aliphatic carbocycles. The standard InChI is InChI=1S/C20H19N5O3/c1-5-13-7-6-8-14(9-13)23-19-21-12-22-20(25-19)24-15-10-16(26-2)18(28-4)17(11-15)27-3/h1,6-12H,2-4H3,(H2,21,22,23,24,25). The van der Waals surface area contributed by atoms with Crippen LogP contribution in [0.1, 0.15) is 5.56 Å². The van der Waals surface area contributed by atoms with E-state index in [9.17, 15) is 0 Å². The Morgan fingerprint density at radius 2 is 1.50 bits per heavy atom. The smallest absolute Gasteiger partial charge is 0.232 e. The number of aromatic nitrogens is 3. The maximum absolute atomic E-state index is 5.43. The molecule has 0 saturated carbocycles. The molecular weight excluding hydrogens is 358 g/mol. The Bertz CT molecular complexity index is 992. The van der Waals surface area contributed by atoms with Gasteiger partial charge in [-0.1, -0.05) is 12.0 Å². The molecule has 0 spiro atoms. The number of benzene rings is 2. The van der Waals surface area contributed by atoms with E-state index in [4.69, 9.17) is 20.6 Å². The molecule has 0 aliphatic rings. The minimum absolute atomic E-state index is 0.347. The summed E-state index contributed by atoms with van der Waals surface area (Å²) in [5.41, 5.74) is 2.20. The van der Waals surface area contributed by atoms with Crippen LogP contribution in [-0.4, -0.2) is 36.3 Å². The molecule has 142 valence electrons. The fraction of sp³-hybridized carbons (Fsp3) is 0.150. The zero-order valence-electron chi connectivity index (χ0n) is 15.7. The minimum atomic E-state index is 0.347. The summed E-state index contributed by atoms with van der Waals surface area (Å²) in [6.45, 7) is 0. The maximum Gasteiger partial charge on any atom is 0.232 e. The number of rotatable bonds is 7. The average molecular weight is 377 g/mol. The summed E-state index contributed by atoms with van der Waals surface area (Å²) < 4.78 is 16.0. The Labute approximate surface area is 162 Å². The molecule has 0 atom stereocenters.